The molecule has 1 fully saturated rings. The third kappa shape index (κ3) is 2.00. The Balaban J connectivity index is 2.14. The van der Waals surface area contributed by atoms with E-state index in [0.717, 1.165) is 5.92 Å². The van der Waals surface area contributed by atoms with Gasteiger partial charge in [-0.2, -0.15) is 0 Å². The van der Waals surface area contributed by atoms with Gasteiger partial charge in [-0.15, -0.1) is 0 Å². The summed E-state index contributed by atoms with van der Waals surface area (Å²) in [5.74, 6) is 0.841. The highest BCUT2D eigenvalue weighted by molar-refractivity contribution is 5.54. The molecule has 0 aromatic rings. The number of allylic oxidation sites excluding steroid dienone is 1. The molecule has 9 heavy (non-hydrogen) atoms. The molecule has 1 nitrogen and oxygen atoms in total. The molecule has 0 amide bonds. The molecule has 50 valence electrons. The Morgan fingerprint density at radius 1 is 1.44 bits per heavy atom. The van der Waals surface area contributed by atoms with Gasteiger partial charge in [-0.25, -0.2) is 0 Å². The van der Waals surface area contributed by atoms with Gasteiger partial charge in [0.25, 0.3) is 0 Å². The second kappa shape index (κ2) is 3.44. The van der Waals surface area contributed by atoms with Gasteiger partial charge in [0.2, 0.25) is 0 Å². The summed E-state index contributed by atoms with van der Waals surface area (Å²) in [5, 5.41) is 0. The largest absolute Gasteiger partial charge is 0.270 e. The molecule has 0 heterocycles. The fourth-order valence-corrected chi connectivity index (χ4v) is 0.890. The van der Waals surface area contributed by atoms with E-state index in [4.69, 9.17) is 0 Å². The molecule has 1 aliphatic carbocycles. The summed E-state index contributed by atoms with van der Waals surface area (Å²) in [5.41, 5.74) is 0. The monoisotopic (exact) mass is 123 g/mol. The van der Waals surface area contributed by atoms with Crippen LogP contribution in [0, 0.1) is 5.92 Å². The molecule has 0 aromatic heterocycles. The van der Waals surface area contributed by atoms with Gasteiger partial charge in [0, 0.05) is 12.4 Å². The normalized spacial score (nSPS) is 21.4. The number of aliphatic imine (C=N–C) groups is 1. The Kier molecular flexibility index (Phi) is 2.49. The highest BCUT2D eigenvalue weighted by atomic mass is 14.6. The second-order valence-electron chi connectivity index (χ2n) is 2.44. The van der Waals surface area contributed by atoms with Crippen LogP contribution >= 0.6 is 0 Å². The van der Waals surface area contributed by atoms with E-state index in [2.05, 4.69) is 11.1 Å². The molecule has 1 heteroatoms. The van der Waals surface area contributed by atoms with Crippen molar-refractivity contribution in [3.8, 4) is 0 Å². The molecule has 0 aromatic carbocycles. The maximum Gasteiger partial charge on any atom is 0.0226 e. The Labute approximate surface area is 56.5 Å². The summed E-state index contributed by atoms with van der Waals surface area (Å²) in [6.45, 7) is 1.94. The summed E-state index contributed by atoms with van der Waals surface area (Å²) in [6, 6.07) is 0. The van der Waals surface area contributed by atoms with Crippen LogP contribution in [0.25, 0.3) is 0 Å². The van der Waals surface area contributed by atoms with E-state index in [1.54, 1.807) is 0 Å². The molecule has 0 aliphatic heterocycles. The van der Waals surface area contributed by atoms with Crippen molar-refractivity contribution in [1.29, 1.82) is 0 Å². The van der Waals surface area contributed by atoms with Crippen molar-refractivity contribution < 1.29 is 0 Å². The number of nitrogens with zero attached hydrogens (tertiary/aromatic N) is 1. The van der Waals surface area contributed by atoms with Crippen LogP contribution in [0.3, 0.4) is 0 Å². The summed E-state index contributed by atoms with van der Waals surface area (Å²) in [4.78, 5) is 3.99. The quantitative estimate of drug-likeness (QED) is 0.500. The molecule has 1 aliphatic rings. The second-order valence-corrected chi connectivity index (χ2v) is 2.44. The first-order valence-corrected chi connectivity index (χ1v) is 3.58. The Bertz CT molecular complexity index is 121. The fraction of sp³-hybridized carbons (Fsp3) is 0.625. The van der Waals surface area contributed by atoms with E-state index in [1.165, 1.54) is 19.3 Å². The third-order valence-electron chi connectivity index (χ3n) is 1.74. The van der Waals surface area contributed by atoms with Gasteiger partial charge < -0.3 is 0 Å². The van der Waals surface area contributed by atoms with Gasteiger partial charge in [0.15, 0.2) is 0 Å². The van der Waals surface area contributed by atoms with E-state index in [1.807, 2.05) is 19.3 Å². The van der Waals surface area contributed by atoms with Crippen LogP contribution < -0.4 is 0 Å². The highest BCUT2D eigenvalue weighted by Crippen LogP contribution is 2.27. The highest BCUT2D eigenvalue weighted by Gasteiger charge is 2.12. The van der Waals surface area contributed by atoms with Gasteiger partial charge in [-0.1, -0.05) is 12.5 Å². The van der Waals surface area contributed by atoms with Crippen molar-refractivity contribution in [2.75, 3.05) is 0 Å². The van der Waals surface area contributed by atoms with Crippen molar-refractivity contribution in [3.63, 3.8) is 0 Å². The zero-order valence-electron chi connectivity index (χ0n) is 5.88. The molecule has 0 saturated heterocycles. The number of rotatable bonds is 2. The molecule has 1 saturated carbocycles. The molecule has 0 spiro atoms. The molecule has 1 rings (SSSR count). The number of hydrogen-bond acceptors (Lipinski definition) is 1. The molecule has 0 radical (unpaired) electrons. The van der Waals surface area contributed by atoms with Crippen molar-refractivity contribution in [1.82, 2.24) is 0 Å². The average molecular weight is 123 g/mol. The van der Waals surface area contributed by atoms with Gasteiger partial charge in [0.1, 0.15) is 0 Å². The van der Waals surface area contributed by atoms with Crippen molar-refractivity contribution in [2.45, 2.75) is 26.2 Å². The Hall–Kier alpha value is -0.590. The van der Waals surface area contributed by atoms with Gasteiger partial charge in [-0.3, -0.25) is 4.99 Å². The van der Waals surface area contributed by atoms with Crippen LogP contribution in [0.4, 0.5) is 0 Å². The first-order chi connectivity index (χ1) is 4.43. The Morgan fingerprint density at radius 2 is 2.22 bits per heavy atom. The minimum absolute atomic E-state index is 0.841. The predicted molar refractivity (Wildman–Crippen MR) is 40.6 cm³/mol. The lowest BCUT2D eigenvalue weighted by Gasteiger charge is -2.20. The first kappa shape index (κ1) is 6.53. The van der Waals surface area contributed by atoms with Gasteiger partial charge in [0.05, 0.1) is 0 Å². The van der Waals surface area contributed by atoms with Gasteiger partial charge in [-0.05, 0) is 25.7 Å². The van der Waals surface area contributed by atoms with Crippen molar-refractivity contribution >= 4 is 6.21 Å². The maximum absolute atomic E-state index is 3.99. The van der Waals surface area contributed by atoms with Crippen LogP contribution in [-0.4, -0.2) is 6.21 Å². The zero-order chi connectivity index (χ0) is 6.53. The standard InChI is InChI=1S/C8H13N/c1-2-9-7-6-8-4-3-5-8/h2,6-8H,3-5H2,1H3/b7-6-,9-2?. The average Bonchev–Trinajstić information content (AvgIpc) is 1.76. The van der Waals surface area contributed by atoms with Crippen LogP contribution in [-0.2, 0) is 0 Å². The summed E-state index contributed by atoms with van der Waals surface area (Å²) in [6.07, 6.45) is 10.1. The molecular weight excluding hydrogens is 110 g/mol. The van der Waals surface area contributed by atoms with E-state index in [-0.39, 0.29) is 0 Å². The minimum atomic E-state index is 0.841. The smallest absolute Gasteiger partial charge is 0.0226 e. The SMILES string of the molecule is CC=N/C=C\C1CCC1. The lowest BCUT2D eigenvalue weighted by atomic mass is 9.86. The zero-order valence-corrected chi connectivity index (χ0v) is 5.88. The van der Waals surface area contributed by atoms with Crippen LogP contribution in [0.1, 0.15) is 26.2 Å². The van der Waals surface area contributed by atoms with Gasteiger partial charge >= 0.3 is 0 Å². The maximum atomic E-state index is 3.99. The van der Waals surface area contributed by atoms with E-state index >= 15 is 0 Å². The Morgan fingerprint density at radius 3 is 2.67 bits per heavy atom. The van der Waals surface area contributed by atoms with E-state index in [0.29, 0.717) is 0 Å². The molecule has 0 bridgehead atoms. The van der Waals surface area contributed by atoms with Crippen LogP contribution in [0.2, 0.25) is 0 Å². The topological polar surface area (TPSA) is 12.4 Å². The van der Waals surface area contributed by atoms with Crippen molar-refractivity contribution in [3.05, 3.63) is 12.3 Å². The fourth-order valence-electron chi connectivity index (χ4n) is 0.890. The van der Waals surface area contributed by atoms with E-state index in [9.17, 15) is 0 Å². The summed E-state index contributed by atoms with van der Waals surface area (Å²) in [7, 11) is 0. The van der Waals surface area contributed by atoms with E-state index < -0.39 is 0 Å². The summed E-state index contributed by atoms with van der Waals surface area (Å²) >= 11 is 0. The molecule has 0 unspecified atom stereocenters. The van der Waals surface area contributed by atoms with Crippen molar-refractivity contribution in [2.24, 2.45) is 10.9 Å². The predicted octanol–water partition coefficient (Wildman–Crippen LogP) is 2.39. The van der Waals surface area contributed by atoms with Crippen LogP contribution in [0.5, 0.6) is 0 Å². The third-order valence-corrected chi connectivity index (χ3v) is 1.74. The minimum Gasteiger partial charge on any atom is -0.270 e. The molecule has 0 N–H and O–H groups in total. The summed E-state index contributed by atoms with van der Waals surface area (Å²) < 4.78 is 0. The lowest BCUT2D eigenvalue weighted by molar-refractivity contribution is 0.387. The number of hydrogen-bond donors (Lipinski definition) is 0. The van der Waals surface area contributed by atoms with Crippen LogP contribution in [0.15, 0.2) is 17.3 Å². The molecular formula is C8H13N. The first-order valence-electron chi connectivity index (χ1n) is 3.58. The molecule has 0 atom stereocenters. The lowest BCUT2D eigenvalue weighted by Crippen LogP contribution is -2.06.